The molecule has 0 bridgehead atoms. The molecular weight excluding hydrogens is 286 g/mol. The van der Waals surface area contributed by atoms with E-state index in [9.17, 15) is 8.42 Å². The number of aryl methyl sites for hydroxylation is 1. The van der Waals surface area contributed by atoms with Crippen LogP contribution in [-0.2, 0) is 16.6 Å². The summed E-state index contributed by atoms with van der Waals surface area (Å²) in [5.74, 6) is 0.431. The first-order chi connectivity index (χ1) is 10.0. The smallest absolute Gasteiger partial charge is 0.301 e. The Bertz CT molecular complexity index is 615. The second-order valence-corrected chi connectivity index (χ2v) is 7.79. The molecule has 1 aromatic rings. The van der Waals surface area contributed by atoms with Crippen molar-refractivity contribution in [3.63, 3.8) is 0 Å². The van der Waals surface area contributed by atoms with Gasteiger partial charge in [0.05, 0.1) is 5.69 Å². The number of nitrogens with zero attached hydrogens (tertiary/aromatic N) is 1. The molecule has 1 unspecified atom stereocenters. The van der Waals surface area contributed by atoms with Crippen molar-refractivity contribution in [2.45, 2.75) is 32.6 Å². The molecule has 0 aliphatic carbocycles. The fourth-order valence-electron chi connectivity index (χ4n) is 3.10. The molecule has 2 N–H and O–H groups in total. The first-order valence-corrected chi connectivity index (χ1v) is 9.13. The van der Waals surface area contributed by atoms with Gasteiger partial charge in [-0.25, -0.2) is 0 Å². The Hall–Kier alpha value is -1.27. The third-order valence-electron chi connectivity index (χ3n) is 4.25. The summed E-state index contributed by atoms with van der Waals surface area (Å²) in [4.78, 5) is 0. The lowest BCUT2D eigenvalue weighted by atomic mass is 10.0. The van der Waals surface area contributed by atoms with Gasteiger partial charge in [-0.15, -0.1) is 0 Å². The molecule has 1 saturated heterocycles. The molecule has 2 aliphatic rings. The highest BCUT2D eigenvalue weighted by Crippen LogP contribution is 2.27. The average molecular weight is 309 g/mol. The molecule has 3 rings (SSSR count). The van der Waals surface area contributed by atoms with Crippen molar-refractivity contribution in [1.29, 1.82) is 0 Å². The fourth-order valence-corrected chi connectivity index (χ4v) is 4.48. The minimum atomic E-state index is -3.44. The number of piperidine rings is 1. The van der Waals surface area contributed by atoms with Crippen LogP contribution >= 0.6 is 0 Å². The van der Waals surface area contributed by atoms with Gasteiger partial charge in [0.25, 0.3) is 0 Å². The van der Waals surface area contributed by atoms with Crippen molar-refractivity contribution in [3.05, 3.63) is 23.8 Å². The molecule has 2 aliphatic heterocycles. The summed E-state index contributed by atoms with van der Waals surface area (Å²) >= 11 is 0. The molecule has 1 atom stereocenters. The van der Waals surface area contributed by atoms with E-state index in [1.807, 2.05) is 18.2 Å². The van der Waals surface area contributed by atoms with E-state index in [1.54, 1.807) is 4.31 Å². The summed E-state index contributed by atoms with van der Waals surface area (Å²) in [7, 11) is -3.44. The van der Waals surface area contributed by atoms with E-state index in [0.717, 1.165) is 37.9 Å². The van der Waals surface area contributed by atoms with Crippen molar-refractivity contribution in [2.24, 2.45) is 5.92 Å². The van der Waals surface area contributed by atoms with Crippen LogP contribution in [0.4, 0.5) is 11.4 Å². The minimum absolute atomic E-state index is 0.431. The van der Waals surface area contributed by atoms with Crippen LogP contribution in [0.2, 0.25) is 0 Å². The van der Waals surface area contributed by atoms with E-state index >= 15 is 0 Å². The molecule has 116 valence electrons. The molecule has 1 fully saturated rings. The Labute approximate surface area is 126 Å². The van der Waals surface area contributed by atoms with Crippen LogP contribution in [-0.4, -0.2) is 32.4 Å². The SMILES string of the molecule is CC1CCCN(S(=O)(=O)Nc2ccc3c(c2)NCCC3)C1. The summed E-state index contributed by atoms with van der Waals surface area (Å²) in [6.45, 7) is 4.28. The Morgan fingerprint density at radius 3 is 3.00 bits per heavy atom. The minimum Gasteiger partial charge on any atom is -0.385 e. The third kappa shape index (κ3) is 3.32. The maximum Gasteiger partial charge on any atom is 0.301 e. The molecule has 0 spiro atoms. The lowest BCUT2D eigenvalue weighted by Crippen LogP contribution is -2.42. The van der Waals surface area contributed by atoms with Crippen molar-refractivity contribution >= 4 is 21.6 Å². The average Bonchev–Trinajstić information content (AvgIpc) is 2.47. The fraction of sp³-hybridized carbons (Fsp3) is 0.600. The molecule has 1 aromatic carbocycles. The summed E-state index contributed by atoms with van der Waals surface area (Å²) in [6.07, 6.45) is 4.23. The zero-order valence-electron chi connectivity index (χ0n) is 12.4. The number of rotatable bonds is 3. The van der Waals surface area contributed by atoms with E-state index in [4.69, 9.17) is 0 Å². The van der Waals surface area contributed by atoms with E-state index in [1.165, 1.54) is 5.56 Å². The van der Waals surface area contributed by atoms with Crippen molar-refractivity contribution in [2.75, 3.05) is 29.7 Å². The first-order valence-electron chi connectivity index (χ1n) is 7.69. The quantitative estimate of drug-likeness (QED) is 0.901. The predicted octanol–water partition coefficient (Wildman–Crippen LogP) is 2.43. The second kappa shape index (κ2) is 5.85. The lowest BCUT2D eigenvalue weighted by molar-refractivity contribution is 0.282. The van der Waals surface area contributed by atoms with Gasteiger partial charge >= 0.3 is 10.2 Å². The Morgan fingerprint density at radius 1 is 1.33 bits per heavy atom. The topological polar surface area (TPSA) is 61.4 Å². The number of benzene rings is 1. The third-order valence-corrected chi connectivity index (χ3v) is 5.76. The zero-order valence-corrected chi connectivity index (χ0v) is 13.2. The number of hydrogen-bond acceptors (Lipinski definition) is 3. The molecule has 6 heteroatoms. The van der Waals surface area contributed by atoms with Gasteiger partial charge < -0.3 is 5.32 Å². The highest BCUT2D eigenvalue weighted by Gasteiger charge is 2.27. The van der Waals surface area contributed by atoms with Crippen molar-refractivity contribution in [3.8, 4) is 0 Å². The van der Waals surface area contributed by atoms with E-state index in [2.05, 4.69) is 17.0 Å². The highest BCUT2D eigenvalue weighted by molar-refractivity contribution is 7.90. The van der Waals surface area contributed by atoms with E-state index in [-0.39, 0.29) is 0 Å². The number of anilines is 2. The van der Waals surface area contributed by atoms with Crippen LogP contribution < -0.4 is 10.0 Å². The van der Waals surface area contributed by atoms with Gasteiger partial charge in [0, 0.05) is 25.3 Å². The number of hydrogen-bond donors (Lipinski definition) is 2. The van der Waals surface area contributed by atoms with Gasteiger partial charge in [-0.2, -0.15) is 12.7 Å². The zero-order chi connectivity index (χ0) is 14.9. The Morgan fingerprint density at radius 2 is 2.19 bits per heavy atom. The van der Waals surface area contributed by atoms with E-state index in [0.29, 0.717) is 24.7 Å². The van der Waals surface area contributed by atoms with Gasteiger partial charge in [0.2, 0.25) is 0 Å². The normalized spacial score (nSPS) is 23.2. The molecule has 21 heavy (non-hydrogen) atoms. The molecule has 0 amide bonds. The monoisotopic (exact) mass is 309 g/mol. The largest absolute Gasteiger partial charge is 0.385 e. The van der Waals surface area contributed by atoms with Gasteiger partial charge in [-0.05, 0) is 49.3 Å². The maximum absolute atomic E-state index is 12.5. The van der Waals surface area contributed by atoms with Gasteiger partial charge in [0.15, 0.2) is 0 Å². The Balaban J connectivity index is 1.76. The molecule has 5 nitrogen and oxygen atoms in total. The maximum atomic E-state index is 12.5. The van der Waals surface area contributed by atoms with Crippen molar-refractivity contribution in [1.82, 2.24) is 4.31 Å². The molecule has 0 radical (unpaired) electrons. The summed E-state index contributed by atoms with van der Waals surface area (Å²) in [6, 6.07) is 5.77. The number of fused-ring (bicyclic) bond motifs is 1. The summed E-state index contributed by atoms with van der Waals surface area (Å²) < 4.78 is 29.2. The van der Waals surface area contributed by atoms with Crippen LogP contribution in [0.1, 0.15) is 31.7 Å². The molecule has 0 saturated carbocycles. The summed E-state index contributed by atoms with van der Waals surface area (Å²) in [5.41, 5.74) is 2.95. The van der Waals surface area contributed by atoms with E-state index < -0.39 is 10.2 Å². The highest BCUT2D eigenvalue weighted by atomic mass is 32.2. The predicted molar refractivity (Wildman–Crippen MR) is 85.8 cm³/mol. The van der Waals surface area contributed by atoms with Gasteiger partial charge in [-0.1, -0.05) is 13.0 Å². The van der Waals surface area contributed by atoms with Crippen LogP contribution in [0.3, 0.4) is 0 Å². The van der Waals surface area contributed by atoms with Crippen LogP contribution in [0, 0.1) is 5.92 Å². The summed E-state index contributed by atoms with van der Waals surface area (Å²) in [5, 5.41) is 3.33. The lowest BCUT2D eigenvalue weighted by Gasteiger charge is -2.30. The van der Waals surface area contributed by atoms with Crippen LogP contribution in [0.25, 0.3) is 0 Å². The van der Waals surface area contributed by atoms with Crippen LogP contribution in [0.5, 0.6) is 0 Å². The molecule has 0 aromatic heterocycles. The van der Waals surface area contributed by atoms with Gasteiger partial charge in [-0.3, -0.25) is 4.72 Å². The standard InChI is InChI=1S/C15H23N3O2S/c1-12-4-3-9-18(11-12)21(19,20)17-14-7-6-13-5-2-8-16-15(13)10-14/h6-7,10,12,16-17H,2-5,8-9,11H2,1H3. The first kappa shape index (κ1) is 14.7. The molecular formula is C15H23N3O2S. The second-order valence-electron chi connectivity index (χ2n) is 6.11. The van der Waals surface area contributed by atoms with Gasteiger partial charge in [0.1, 0.15) is 0 Å². The van der Waals surface area contributed by atoms with Crippen molar-refractivity contribution < 1.29 is 8.42 Å². The Kier molecular flexibility index (Phi) is 4.08. The van der Waals surface area contributed by atoms with Crippen LogP contribution in [0.15, 0.2) is 18.2 Å². The molecule has 2 heterocycles. The number of nitrogens with one attached hydrogen (secondary N) is 2.